The van der Waals surface area contributed by atoms with Crippen LogP contribution in [0.1, 0.15) is 101 Å². The van der Waals surface area contributed by atoms with E-state index >= 15 is 0 Å². The minimum Gasteiger partial charge on any atom is -0.443 e. The van der Waals surface area contributed by atoms with Crippen molar-refractivity contribution in [3.63, 3.8) is 0 Å². The first-order valence-corrected chi connectivity index (χ1v) is 19.0. The van der Waals surface area contributed by atoms with E-state index in [-0.39, 0.29) is 19.5 Å². The molecule has 0 bridgehead atoms. The van der Waals surface area contributed by atoms with E-state index in [4.69, 9.17) is 4.99 Å². The molecule has 3 aromatic carbocycles. The fraction of sp³-hybridized carbons (Fsp3) is 0.250. The molecule has 0 spiro atoms. The van der Waals surface area contributed by atoms with Crippen molar-refractivity contribution >= 4 is 22.4 Å². The summed E-state index contributed by atoms with van der Waals surface area (Å²) < 4.78 is 0. The number of fused-ring (bicyclic) bond motifs is 1. The molecule has 0 unspecified atom stereocenters. The summed E-state index contributed by atoms with van der Waals surface area (Å²) in [4.78, 5) is 27.0. The molecule has 274 valence electrons. The molecule has 0 saturated heterocycles. The molecule has 6 nitrogen and oxygen atoms in total. The molecular formula is C48H50N6Zn. The zero-order valence-electron chi connectivity index (χ0n) is 33.4. The Bertz CT molecular complexity index is 2410. The van der Waals surface area contributed by atoms with Crippen LogP contribution in [0.5, 0.6) is 0 Å². The fourth-order valence-corrected chi connectivity index (χ4v) is 6.88. The predicted molar refractivity (Wildman–Crippen MR) is 223 cm³/mol. The molecule has 0 aliphatic heterocycles. The van der Waals surface area contributed by atoms with Gasteiger partial charge in [0.2, 0.25) is 0 Å². The molecule has 0 atom stereocenters. The Kier molecular flexibility index (Phi) is 14.0. The maximum absolute atomic E-state index is 4.89. The molecule has 0 aliphatic carbocycles. The van der Waals surface area contributed by atoms with E-state index < -0.39 is 0 Å². The summed E-state index contributed by atoms with van der Waals surface area (Å²) in [7, 11) is 0. The van der Waals surface area contributed by atoms with Crippen molar-refractivity contribution in [2.75, 3.05) is 0 Å². The number of hydrogen-bond acceptors (Lipinski definition) is 4. The van der Waals surface area contributed by atoms with Gasteiger partial charge in [0.15, 0.2) is 0 Å². The fourth-order valence-electron chi connectivity index (χ4n) is 6.88. The van der Waals surface area contributed by atoms with Crippen molar-refractivity contribution in [1.29, 1.82) is 0 Å². The molecule has 7 aromatic rings. The Morgan fingerprint density at radius 2 is 1.02 bits per heavy atom. The van der Waals surface area contributed by atoms with E-state index in [1.165, 1.54) is 33.4 Å². The topological polar surface area (TPSA) is 78.7 Å². The molecule has 4 aromatic heterocycles. The van der Waals surface area contributed by atoms with Crippen LogP contribution in [0.3, 0.4) is 0 Å². The van der Waals surface area contributed by atoms with Gasteiger partial charge in [-0.05, 0) is 91.8 Å². The van der Waals surface area contributed by atoms with Crippen LogP contribution in [0.15, 0.2) is 144 Å². The maximum atomic E-state index is 4.89. The summed E-state index contributed by atoms with van der Waals surface area (Å²) in [6.45, 7) is 18.0. The third kappa shape index (κ3) is 9.90. The Hall–Kier alpha value is -5.26. The van der Waals surface area contributed by atoms with Crippen LogP contribution >= 0.6 is 0 Å². The normalized spacial score (nSPS) is 12.0. The molecule has 0 N–H and O–H groups in total. The number of benzene rings is 3. The maximum Gasteiger partial charge on any atom is 2.00 e. The van der Waals surface area contributed by atoms with Crippen LogP contribution in [0.4, 0.5) is 11.6 Å². The number of pyridine rings is 4. The molecule has 0 amide bonds. The second-order valence-corrected chi connectivity index (χ2v) is 14.8. The molecule has 0 aliphatic rings. The van der Waals surface area contributed by atoms with Gasteiger partial charge in [-0.1, -0.05) is 170 Å². The van der Waals surface area contributed by atoms with Gasteiger partial charge in [0, 0.05) is 17.8 Å². The van der Waals surface area contributed by atoms with E-state index in [2.05, 4.69) is 147 Å². The SMILES string of the molecule is CC(C)c1cccc(C(C)C)c1-c1ccnc(N=c2cc(-c3c(C(C)C)cccc3C(C)C)cc[n-]2)c1.[Zn+2].c1ccc(=Nc2nccc3ccccc23)[n-]c1. The van der Waals surface area contributed by atoms with Crippen molar-refractivity contribution in [3.05, 3.63) is 167 Å². The zero-order valence-corrected chi connectivity index (χ0v) is 36.4. The molecule has 7 rings (SSSR count). The first-order valence-electron chi connectivity index (χ1n) is 19.0. The van der Waals surface area contributed by atoms with Crippen molar-refractivity contribution < 1.29 is 19.5 Å². The predicted octanol–water partition coefficient (Wildman–Crippen LogP) is 11.5. The van der Waals surface area contributed by atoms with E-state index in [1.807, 2.05) is 54.9 Å². The number of nitrogens with zero attached hydrogens (tertiary/aromatic N) is 6. The van der Waals surface area contributed by atoms with Crippen LogP contribution in [0, 0.1) is 0 Å². The summed E-state index contributed by atoms with van der Waals surface area (Å²) in [6, 6.07) is 37.4. The van der Waals surface area contributed by atoms with E-state index in [9.17, 15) is 0 Å². The summed E-state index contributed by atoms with van der Waals surface area (Å²) in [6.07, 6.45) is 7.22. The molecule has 4 heterocycles. The largest absolute Gasteiger partial charge is 2.00 e. The second kappa shape index (κ2) is 18.9. The Labute approximate surface area is 338 Å². The summed E-state index contributed by atoms with van der Waals surface area (Å²) >= 11 is 0. The molecule has 0 fully saturated rings. The van der Waals surface area contributed by atoms with E-state index in [0.29, 0.717) is 46.3 Å². The molecule has 55 heavy (non-hydrogen) atoms. The Balaban J connectivity index is 0.000000268. The monoisotopic (exact) mass is 774 g/mol. The average molecular weight is 776 g/mol. The standard InChI is InChI=1S/C34H40N3.C14H10N3.Zn/c1-21(2)27-11-9-12-28(22(3)4)33(27)25-15-17-35-31(19-25)37-32-20-26(16-18-36-32)34-29(23(5)6)13-10-14-30(34)24(7)8;1-2-6-12-11(5-1)8-10-16-14(12)17-13-7-3-4-9-15-13;/h9-24H,1-8H3;1-10H;/q2*-1;+2. The van der Waals surface area contributed by atoms with Crippen LogP contribution < -0.4 is 20.9 Å². The zero-order chi connectivity index (χ0) is 38.2. The minimum absolute atomic E-state index is 0. The van der Waals surface area contributed by atoms with Gasteiger partial charge in [-0.3, -0.25) is 9.97 Å². The number of aromatic nitrogens is 4. The summed E-state index contributed by atoms with van der Waals surface area (Å²) in [5.74, 6) is 3.10. The smallest absolute Gasteiger partial charge is 0.443 e. The quantitative estimate of drug-likeness (QED) is 0.144. The third-order valence-electron chi connectivity index (χ3n) is 9.57. The van der Waals surface area contributed by atoms with E-state index in [1.54, 1.807) is 12.4 Å². The van der Waals surface area contributed by atoms with Gasteiger partial charge in [-0.15, -0.1) is 0 Å². The Morgan fingerprint density at radius 1 is 0.473 bits per heavy atom. The van der Waals surface area contributed by atoms with Gasteiger partial charge in [0.25, 0.3) is 0 Å². The molecule has 7 heteroatoms. The van der Waals surface area contributed by atoms with Gasteiger partial charge < -0.3 is 20.0 Å². The first-order chi connectivity index (χ1) is 26.1. The third-order valence-corrected chi connectivity index (χ3v) is 9.57. The summed E-state index contributed by atoms with van der Waals surface area (Å²) in [5, 5.41) is 2.18. The van der Waals surface area contributed by atoms with Crippen molar-refractivity contribution in [1.82, 2.24) is 19.9 Å². The molecule has 0 saturated carbocycles. The van der Waals surface area contributed by atoms with Crippen LogP contribution in [0.2, 0.25) is 0 Å². The van der Waals surface area contributed by atoms with Gasteiger partial charge in [-0.25, -0.2) is 0 Å². The van der Waals surface area contributed by atoms with Gasteiger partial charge in [0.05, 0.1) is 11.6 Å². The van der Waals surface area contributed by atoms with Crippen molar-refractivity contribution in [3.8, 4) is 22.3 Å². The van der Waals surface area contributed by atoms with Crippen molar-refractivity contribution in [2.24, 2.45) is 9.98 Å². The van der Waals surface area contributed by atoms with Gasteiger partial charge in [0.1, 0.15) is 0 Å². The average Bonchev–Trinajstić information content (AvgIpc) is 3.18. The van der Waals surface area contributed by atoms with Gasteiger partial charge in [-0.2, -0.15) is 0 Å². The van der Waals surface area contributed by atoms with Crippen molar-refractivity contribution in [2.45, 2.75) is 79.1 Å². The number of hydrogen-bond donors (Lipinski definition) is 0. The summed E-state index contributed by atoms with van der Waals surface area (Å²) in [5.41, 5.74) is 11.7. The van der Waals surface area contributed by atoms with Crippen LogP contribution in [0.25, 0.3) is 33.0 Å². The van der Waals surface area contributed by atoms with Crippen LogP contribution in [-0.4, -0.2) is 9.97 Å². The Morgan fingerprint density at radius 3 is 1.60 bits per heavy atom. The van der Waals surface area contributed by atoms with Crippen LogP contribution in [-0.2, 0) is 19.5 Å². The second-order valence-electron chi connectivity index (χ2n) is 14.8. The van der Waals surface area contributed by atoms with Gasteiger partial charge >= 0.3 is 19.5 Å². The molecule has 0 radical (unpaired) electrons. The first kappa shape index (κ1) is 40.9. The van der Waals surface area contributed by atoms with E-state index in [0.717, 1.165) is 21.9 Å². The number of rotatable bonds is 8. The molecular weight excluding hydrogens is 726 g/mol. The minimum atomic E-state index is 0.